The second kappa shape index (κ2) is 6.71. The SMILES string of the molecule is Cc1ccc(/C=C/C(=O)N(C(C)C)C2CCNC2)cc1. The van der Waals surface area contributed by atoms with Gasteiger partial charge in [0.1, 0.15) is 0 Å². The Morgan fingerprint density at radius 3 is 2.60 bits per heavy atom. The number of carbonyl (C=O) groups is 1. The van der Waals surface area contributed by atoms with E-state index in [0.29, 0.717) is 6.04 Å². The smallest absolute Gasteiger partial charge is 0.247 e. The maximum absolute atomic E-state index is 12.4. The zero-order valence-corrected chi connectivity index (χ0v) is 12.6. The molecular formula is C17H24N2O. The monoisotopic (exact) mass is 272 g/mol. The summed E-state index contributed by atoms with van der Waals surface area (Å²) < 4.78 is 0. The second-order valence-electron chi connectivity index (χ2n) is 5.73. The first kappa shape index (κ1) is 14.8. The lowest BCUT2D eigenvalue weighted by molar-refractivity contribution is -0.129. The summed E-state index contributed by atoms with van der Waals surface area (Å²) in [5, 5.41) is 3.32. The third kappa shape index (κ3) is 3.70. The van der Waals surface area contributed by atoms with Crippen LogP contribution in [-0.2, 0) is 4.79 Å². The van der Waals surface area contributed by atoms with Gasteiger partial charge >= 0.3 is 0 Å². The molecule has 1 aliphatic rings. The van der Waals surface area contributed by atoms with Crippen molar-refractivity contribution in [3.05, 3.63) is 41.5 Å². The summed E-state index contributed by atoms with van der Waals surface area (Å²) in [5.41, 5.74) is 2.30. The molecule has 1 atom stereocenters. The molecule has 1 aromatic rings. The molecule has 0 aromatic heterocycles. The molecule has 1 saturated heterocycles. The minimum atomic E-state index is 0.106. The van der Waals surface area contributed by atoms with E-state index < -0.39 is 0 Å². The summed E-state index contributed by atoms with van der Waals surface area (Å²) in [6.45, 7) is 8.13. The van der Waals surface area contributed by atoms with Gasteiger partial charge in [-0.3, -0.25) is 4.79 Å². The fourth-order valence-corrected chi connectivity index (χ4v) is 2.66. The molecule has 0 aliphatic carbocycles. The number of nitrogens with one attached hydrogen (secondary N) is 1. The summed E-state index contributed by atoms with van der Waals surface area (Å²) in [4.78, 5) is 14.4. The van der Waals surface area contributed by atoms with Gasteiger partial charge in [-0.25, -0.2) is 0 Å². The van der Waals surface area contributed by atoms with Crippen molar-refractivity contribution >= 4 is 12.0 Å². The zero-order valence-electron chi connectivity index (χ0n) is 12.6. The standard InChI is InChI=1S/C17H24N2O/c1-13(2)19(16-10-11-18-12-16)17(20)9-8-15-6-4-14(3)5-7-15/h4-9,13,16,18H,10-12H2,1-3H3/b9-8+. The van der Waals surface area contributed by atoms with Gasteiger partial charge in [-0.05, 0) is 45.4 Å². The van der Waals surface area contributed by atoms with Crippen molar-refractivity contribution in [2.45, 2.75) is 39.3 Å². The fourth-order valence-electron chi connectivity index (χ4n) is 2.66. The van der Waals surface area contributed by atoms with Crippen molar-refractivity contribution < 1.29 is 4.79 Å². The first-order valence-electron chi connectivity index (χ1n) is 7.35. The maximum atomic E-state index is 12.4. The van der Waals surface area contributed by atoms with Crippen molar-refractivity contribution in [3.63, 3.8) is 0 Å². The molecule has 1 unspecified atom stereocenters. The molecule has 3 heteroatoms. The average molecular weight is 272 g/mol. The fraction of sp³-hybridized carbons (Fsp3) is 0.471. The van der Waals surface area contributed by atoms with Gasteiger partial charge in [0.25, 0.3) is 0 Å². The Kier molecular flexibility index (Phi) is 4.96. The normalized spacial score (nSPS) is 18.9. The number of nitrogens with zero attached hydrogens (tertiary/aromatic N) is 1. The van der Waals surface area contributed by atoms with Gasteiger partial charge in [0, 0.05) is 24.7 Å². The largest absolute Gasteiger partial charge is 0.332 e. The predicted molar refractivity (Wildman–Crippen MR) is 83.5 cm³/mol. The Morgan fingerprint density at radius 2 is 2.05 bits per heavy atom. The van der Waals surface area contributed by atoms with Crippen LogP contribution in [0.5, 0.6) is 0 Å². The van der Waals surface area contributed by atoms with Gasteiger partial charge in [0.05, 0.1) is 0 Å². The third-order valence-corrected chi connectivity index (χ3v) is 3.73. The Bertz CT molecular complexity index is 470. The van der Waals surface area contributed by atoms with Crippen LogP contribution in [0.15, 0.2) is 30.3 Å². The van der Waals surface area contributed by atoms with Crippen LogP contribution in [-0.4, -0.2) is 36.0 Å². The Morgan fingerprint density at radius 1 is 1.35 bits per heavy atom. The lowest BCUT2D eigenvalue weighted by Gasteiger charge is -2.31. The molecule has 108 valence electrons. The number of amides is 1. The van der Waals surface area contributed by atoms with Crippen molar-refractivity contribution in [2.75, 3.05) is 13.1 Å². The minimum Gasteiger partial charge on any atom is -0.332 e. The number of hydrogen-bond acceptors (Lipinski definition) is 2. The molecule has 2 rings (SSSR count). The van der Waals surface area contributed by atoms with E-state index in [1.165, 1.54) is 5.56 Å². The van der Waals surface area contributed by atoms with Crippen molar-refractivity contribution in [1.82, 2.24) is 10.2 Å². The number of hydrogen-bond donors (Lipinski definition) is 1. The van der Waals surface area contributed by atoms with Crippen LogP contribution < -0.4 is 5.32 Å². The number of carbonyl (C=O) groups excluding carboxylic acids is 1. The highest BCUT2D eigenvalue weighted by atomic mass is 16.2. The van der Waals surface area contributed by atoms with Gasteiger partial charge in [-0.1, -0.05) is 29.8 Å². The maximum Gasteiger partial charge on any atom is 0.247 e. The van der Waals surface area contributed by atoms with Crippen LogP contribution in [0.2, 0.25) is 0 Å². The molecule has 0 spiro atoms. The highest BCUT2D eigenvalue weighted by Crippen LogP contribution is 2.14. The Balaban J connectivity index is 2.06. The molecule has 1 aromatic carbocycles. The lowest BCUT2D eigenvalue weighted by atomic mass is 10.1. The zero-order chi connectivity index (χ0) is 14.5. The molecule has 20 heavy (non-hydrogen) atoms. The van der Waals surface area contributed by atoms with Crippen molar-refractivity contribution in [1.29, 1.82) is 0 Å². The number of benzene rings is 1. The van der Waals surface area contributed by atoms with Crippen LogP contribution >= 0.6 is 0 Å². The molecule has 1 heterocycles. The molecule has 1 amide bonds. The predicted octanol–water partition coefficient (Wildman–Crippen LogP) is 2.61. The van der Waals surface area contributed by atoms with E-state index >= 15 is 0 Å². The van der Waals surface area contributed by atoms with Gasteiger partial charge in [-0.15, -0.1) is 0 Å². The first-order chi connectivity index (χ1) is 9.58. The summed E-state index contributed by atoms with van der Waals surface area (Å²) in [6, 6.07) is 8.75. The van der Waals surface area contributed by atoms with Gasteiger partial charge in [0.15, 0.2) is 0 Å². The molecule has 0 radical (unpaired) electrons. The Hall–Kier alpha value is -1.61. The van der Waals surface area contributed by atoms with Crippen molar-refractivity contribution in [3.8, 4) is 0 Å². The highest BCUT2D eigenvalue weighted by Gasteiger charge is 2.27. The van der Waals surface area contributed by atoms with E-state index in [0.717, 1.165) is 25.1 Å². The minimum absolute atomic E-state index is 0.106. The second-order valence-corrected chi connectivity index (χ2v) is 5.73. The summed E-state index contributed by atoms with van der Waals surface area (Å²) >= 11 is 0. The average Bonchev–Trinajstić information content (AvgIpc) is 2.91. The van der Waals surface area contributed by atoms with E-state index in [-0.39, 0.29) is 11.9 Å². The van der Waals surface area contributed by atoms with Crippen LogP contribution in [0.3, 0.4) is 0 Å². The molecule has 0 saturated carbocycles. The summed E-state index contributed by atoms with van der Waals surface area (Å²) in [5.74, 6) is 0.106. The molecule has 1 aliphatic heterocycles. The Labute approximate surface area is 121 Å². The number of aryl methyl sites for hydroxylation is 1. The summed E-state index contributed by atoms with van der Waals surface area (Å²) in [6.07, 6.45) is 4.64. The van der Waals surface area contributed by atoms with E-state index in [1.807, 2.05) is 23.1 Å². The van der Waals surface area contributed by atoms with Gasteiger partial charge in [-0.2, -0.15) is 0 Å². The van der Waals surface area contributed by atoms with E-state index in [2.05, 4.69) is 38.2 Å². The molecule has 0 bridgehead atoms. The van der Waals surface area contributed by atoms with Crippen LogP contribution in [0.4, 0.5) is 0 Å². The lowest BCUT2D eigenvalue weighted by Crippen LogP contribution is -2.45. The molecule has 3 nitrogen and oxygen atoms in total. The topological polar surface area (TPSA) is 32.3 Å². The molecule has 1 N–H and O–H groups in total. The van der Waals surface area contributed by atoms with Crippen LogP contribution in [0.25, 0.3) is 6.08 Å². The van der Waals surface area contributed by atoms with Crippen molar-refractivity contribution in [2.24, 2.45) is 0 Å². The number of rotatable bonds is 4. The quantitative estimate of drug-likeness (QED) is 0.855. The van der Waals surface area contributed by atoms with E-state index in [1.54, 1.807) is 6.08 Å². The molecular weight excluding hydrogens is 248 g/mol. The molecule has 1 fully saturated rings. The van der Waals surface area contributed by atoms with Gasteiger partial charge < -0.3 is 10.2 Å². The van der Waals surface area contributed by atoms with E-state index in [4.69, 9.17) is 0 Å². The third-order valence-electron chi connectivity index (χ3n) is 3.73. The first-order valence-corrected chi connectivity index (χ1v) is 7.35. The van der Waals surface area contributed by atoms with Crippen LogP contribution in [0, 0.1) is 6.92 Å². The van der Waals surface area contributed by atoms with Crippen LogP contribution in [0.1, 0.15) is 31.4 Å². The van der Waals surface area contributed by atoms with E-state index in [9.17, 15) is 4.79 Å². The summed E-state index contributed by atoms with van der Waals surface area (Å²) in [7, 11) is 0. The van der Waals surface area contributed by atoms with Gasteiger partial charge in [0.2, 0.25) is 5.91 Å². The highest BCUT2D eigenvalue weighted by molar-refractivity contribution is 5.92.